The number of hydrogen-bond donors (Lipinski definition) is 1. The molecule has 0 saturated carbocycles. The lowest BCUT2D eigenvalue weighted by Gasteiger charge is -2.28. The summed E-state index contributed by atoms with van der Waals surface area (Å²) in [7, 11) is 1.57. The monoisotopic (exact) mass is 404 g/mol. The summed E-state index contributed by atoms with van der Waals surface area (Å²) in [6.45, 7) is 2.55. The SMILES string of the molecule is COc1ccc(NC(=O)c2cc(C)n(-c3ccccc3)n2)cc1N1CCCCC1=O. The number of nitrogens with zero attached hydrogens (tertiary/aromatic N) is 3. The van der Waals surface area contributed by atoms with Crippen LogP contribution in [0.15, 0.2) is 54.6 Å². The van der Waals surface area contributed by atoms with Gasteiger partial charge in [0.05, 0.1) is 18.5 Å². The largest absolute Gasteiger partial charge is 0.495 e. The van der Waals surface area contributed by atoms with Gasteiger partial charge >= 0.3 is 0 Å². The fraction of sp³-hybridized carbons (Fsp3) is 0.261. The van der Waals surface area contributed by atoms with Crippen molar-refractivity contribution in [2.75, 3.05) is 23.9 Å². The van der Waals surface area contributed by atoms with Crippen LogP contribution in [0.4, 0.5) is 11.4 Å². The van der Waals surface area contributed by atoms with E-state index in [9.17, 15) is 9.59 Å². The van der Waals surface area contributed by atoms with Gasteiger partial charge in [0.25, 0.3) is 5.91 Å². The highest BCUT2D eigenvalue weighted by molar-refractivity contribution is 6.04. The smallest absolute Gasteiger partial charge is 0.276 e. The van der Waals surface area contributed by atoms with Crippen LogP contribution in [0.2, 0.25) is 0 Å². The molecular weight excluding hydrogens is 380 g/mol. The lowest BCUT2D eigenvalue weighted by atomic mass is 10.1. The van der Waals surface area contributed by atoms with E-state index in [1.54, 1.807) is 41.0 Å². The average Bonchev–Trinajstić information content (AvgIpc) is 3.16. The first-order chi connectivity index (χ1) is 14.6. The Labute approximate surface area is 175 Å². The Balaban J connectivity index is 1.58. The molecule has 2 amide bonds. The standard InChI is InChI=1S/C23H24N4O3/c1-16-14-19(25-27(16)18-8-4-3-5-9-18)23(29)24-17-11-12-21(30-2)20(15-17)26-13-7-6-10-22(26)28/h3-5,8-9,11-12,14-15H,6-7,10,13H2,1-2H3,(H,24,29). The third kappa shape index (κ3) is 3.91. The van der Waals surface area contributed by atoms with Crippen molar-refractivity contribution in [1.82, 2.24) is 9.78 Å². The van der Waals surface area contributed by atoms with Gasteiger partial charge in [0.15, 0.2) is 5.69 Å². The van der Waals surface area contributed by atoms with Crippen LogP contribution in [0, 0.1) is 6.92 Å². The Morgan fingerprint density at radius 3 is 2.63 bits per heavy atom. The second kappa shape index (κ2) is 8.41. The summed E-state index contributed by atoms with van der Waals surface area (Å²) in [6, 6.07) is 16.7. The first kappa shape index (κ1) is 19.7. The minimum absolute atomic E-state index is 0.0697. The number of ether oxygens (including phenoxy) is 1. The maximum absolute atomic E-state index is 12.8. The predicted molar refractivity (Wildman–Crippen MR) is 115 cm³/mol. The van der Waals surface area contributed by atoms with Crippen LogP contribution in [0.5, 0.6) is 5.75 Å². The van der Waals surface area contributed by atoms with E-state index < -0.39 is 0 Å². The first-order valence-electron chi connectivity index (χ1n) is 9.98. The molecule has 3 aromatic rings. The maximum Gasteiger partial charge on any atom is 0.276 e. The molecule has 1 fully saturated rings. The van der Waals surface area contributed by atoms with Gasteiger partial charge in [-0.25, -0.2) is 4.68 Å². The molecule has 1 aromatic heterocycles. The molecule has 4 rings (SSSR count). The minimum Gasteiger partial charge on any atom is -0.495 e. The number of amides is 2. The second-order valence-corrected chi connectivity index (χ2v) is 7.26. The van der Waals surface area contributed by atoms with Gasteiger partial charge in [0.1, 0.15) is 5.75 Å². The fourth-order valence-corrected chi connectivity index (χ4v) is 3.65. The van der Waals surface area contributed by atoms with Gasteiger partial charge < -0.3 is 15.0 Å². The van der Waals surface area contributed by atoms with E-state index in [0.717, 1.165) is 24.2 Å². The van der Waals surface area contributed by atoms with Crippen molar-refractivity contribution >= 4 is 23.2 Å². The van der Waals surface area contributed by atoms with Gasteiger partial charge in [-0.15, -0.1) is 0 Å². The van der Waals surface area contributed by atoms with Gasteiger partial charge in [-0.1, -0.05) is 18.2 Å². The quantitative estimate of drug-likeness (QED) is 0.698. The van der Waals surface area contributed by atoms with Crippen molar-refractivity contribution in [2.45, 2.75) is 26.2 Å². The maximum atomic E-state index is 12.8. The normalized spacial score (nSPS) is 13.9. The zero-order valence-electron chi connectivity index (χ0n) is 17.1. The number of hydrogen-bond acceptors (Lipinski definition) is 4. The van der Waals surface area contributed by atoms with E-state index in [4.69, 9.17) is 4.74 Å². The molecule has 7 heteroatoms. The summed E-state index contributed by atoms with van der Waals surface area (Å²) in [5, 5.41) is 7.34. The summed E-state index contributed by atoms with van der Waals surface area (Å²) < 4.78 is 7.17. The number of nitrogens with one attached hydrogen (secondary N) is 1. The Morgan fingerprint density at radius 1 is 1.10 bits per heavy atom. The van der Waals surface area contributed by atoms with Crippen molar-refractivity contribution in [1.29, 1.82) is 0 Å². The molecule has 1 saturated heterocycles. The van der Waals surface area contributed by atoms with Crippen LogP contribution in [-0.4, -0.2) is 35.2 Å². The molecule has 0 radical (unpaired) electrons. The van der Waals surface area contributed by atoms with Gasteiger partial charge in [-0.2, -0.15) is 5.10 Å². The number of aromatic nitrogens is 2. The Hall–Kier alpha value is -3.61. The molecule has 0 unspecified atom stereocenters. The highest BCUT2D eigenvalue weighted by Crippen LogP contribution is 2.33. The van der Waals surface area contributed by atoms with Crippen LogP contribution < -0.4 is 15.0 Å². The molecule has 1 aliphatic heterocycles. The lowest BCUT2D eigenvalue weighted by molar-refractivity contribution is -0.119. The van der Waals surface area contributed by atoms with Crippen LogP contribution >= 0.6 is 0 Å². The van der Waals surface area contributed by atoms with Crippen LogP contribution in [0.3, 0.4) is 0 Å². The van der Waals surface area contributed by atoms with E-state index in [-0.39, 0.29) is 11.8 Å². The molecule has 154 valence electrons. The molecule has 0 bridgehead atoms. The van der Waals surface area contributed by atoms with Crippen LogP contribution in [0.1, 0.15) is 35.4 Å². The predicted octanol–water partition coefficient (Wildman–Crippen LogP) is 3.96. The number of carbonyl (C=O) groups is 2. The Kier molecular flexibility index (Phi) is 5.52. The zero-order valence-corrected chi connectivity index (χ0v) is 17.1. The minimum atomic E-state index is -0.311. The molecule has 1 aliphatic rings. The highest BCUT2D eigenvalue weighted by Gasteiger charge is 2.23. The van der Waals surface area contributed by atoms with E-state index >= 15 is 0 Å². The van der Waals surface area contributed by atoms with Crippen LogP contribution in [0.25, 0.3) is 5.69 Å². The van der Waals surface area contributed by atoms with Crippen LogP contribution in [-0.2, 0) is 4.79 Å². The van der Waals surface area contributed by atoms with E-state index in [0.29, 0.717) is 35.8 Å². The topological polar surface area (TPSA) is 76.5 Å². The third-order valence-electron chi connectivity index (χ3n) is 5.17. The highest BCUT2D eigenvalue weighted by atomic mass is 16.5. The fourth-order valence-electron chi connectivity index (χ4n) is 3.65. The molecule has 7 nitrogen and oxygen atoms in total. The third-order valence-corrected chi connectivity index (χ3v) is 5.17. The summed E-state index contributed by atoms with van der Waals surface area (Å²) >= 11 is 0. The van der Waals surface area contributed by atoms with Crippen molar-refractivity contribution in [3.8, 4) is 11.4 Å². The number of aryl methyl sites for hydroxylation is 1. The molecule has 30 heavy (non-hydrogen) atoms. The molecule has 0 spiro atoms. The van der Waals surface area contributed by atoms with Crippen molar-refractivity contribution in [2.24, 2.45) is 0 Å². The number of benzene rings is 2. The molecule has 2 aromatic carbocycles. The number of anilines is 2. The van der Waals surface area contributed by atoms with Gasteiger partial charge in [-0.3, -0.25) is 9.59 Å². The number of carbonyl (C=O) groups excluding carboxylic acids is 2. The van der Waals surface area contributed by atoms with Gasteiger partial charge in [0, 0.05) is 24.3 Å². The molecule has 0 atom stereocenters. The van der Waals surface area contributed by atoms with Crippen molar-refractivity contribution in [3.05, 3.63) is 66.0 Å². The average molecular weight is 404 g/mol. The number of para-hydroxylation sites is 1. The van der Waals surface area contributed by atoms with E-state index in [2.05, 4.69) is 10.4 Å². The van der Waals surface area contributed by atoms with Crippen molar-refractivity contribution < 1.29 is 14.3 Å². The van der Waals surface area contributed by atoms with E-state index in [1.807, 2.05) is 37.3 Å². The summed E-state index contributed by atoms with van der Waals surface area (Å²) in [5.41, 5.74) is 3.33. The molecule has 2 heterocycles. The first-order valence-corrected chi connectivity index (χ1v) is 9.98. The summed E-state index contributed by atoms with van der Waals surface area (Å²) in [4.78, 5) is 26.9. The summed E-state index contributed by atoms with van der Waals surface area (Å²) in [5.74, 6) is 0.363. The number of piperidine rings is 1. The second-order valence-electron chi connectivity index (χ2n) is 7.26. The lowest BCUT2D eigenvalue weighted by Crippen LogP contribution is -2.35. The van der Waals surface area contributed by atoms with E-state index in [1.165, 1.54) is 0 Å². The van der Waals surface area contributed by atoms with Gasteiger partial charge in [-0.05, 0) is 56.2 Å². The van der Waals surface area contributed by atoms with Crippen molar-refractivity contribution in [3.63, 3.8) is 0 Å². The molecular formula is C23H24N4O3. The molecule has 1 N–H and O–H groups in total. The number of methoxy groups -OCH3 is 1. The Morgan fingerprint density at radius 2 is 1.90 bits per heavy atom. The summed E-state index contributed by atoms with van der Waals surface area (Å²) in [6.07, 6.45) is 2.37. The zero-order chi connectivity index (χ0) is 21.1. The number of rotatable bonds is 5. The van der Waals surface area contributed by atoms with Gasteiger partial charge in [0.2, 0.25) is 5.91 Å². The Bertz CT molecular complexity index is 1080. The molecule has 0 aliphatic carbocycles.